The maximum Gasteiger partial charge on any atom is 0.257 e. The molecule has 0 saturated heterocycles. The molecule has 1 heterocycles. The van der Waals surface area contributed by atoms with Crippen molar-refractivity contribution < 1.29 is 4.79 Å². The maximum absolute atomic E-state index is 11.9. The molecule has 0 aliphatic carbocycles. The summed E-state index contributed by atoms with van der Waals surface area (Å²) < 4.78 is 0. The second kappa shape index (κ2) is 6.61. The van der Waals surface area contributed by atoms with Crippen LogP contribution in [0, 0.1) is 0 Å². The zero-order valence-corrected chi connectivity index (χ0v) is 10.8. The van der Waals surface area contributed by atoms with E-state index < -0.39 is 0 Å². The number of hydrogen-bond acceptors (Lipinski definition) is 4. The predicted molar refractivity (Wildman–Crippen MR) is 73.8 cm³/mol. The van der Waals surface area contributed by atoms with Crippen molar-refractivity contribution in [2.75, 3.05) is 11.9 Å². The van der Waals surface area contributed by atoms with Crippen LogP contribution >= 0.6 is 0 Å². The number of nitrogens with zero attached hydrogens (tertiary/aromatic N) is 2. The number of carbonyl (C=O) groups excluding carboxylic acids is 1. The normalized spacial score (nSPS) is 10.2. The molecule has 0 radical (unpaired) electrons. The highest BCUT2D eigenvalue weighted by Gasteiger charge is 2.06. The van der Waals surface area contributed by atoms with Crippen LogP contribution in [0.5, 0.6) is 0 Å². The Balaban J connectivity index is 2.05. The molecule has 2 rings (SSSR count). The fraction of sp³-hybridized carbons (Fsp3) is 0.214. The molecule has 5 heteroatoms. The third-order valence-electron chi connectivity index (χ3n) is 2.61. The minimum Gasteiger partial charge on any atom is -0.322 e. The van der Waals surface area contributed by atoms with Crippen LogP contribution in [0.1, 0.15) is 22.8 Å². The Morgan fingerprint density at radius 1 is 1.26 bits per heavy atom. The summed E-state index contributed by atoms with van der Waals surface area (Å²) in [6.45, 7) is 3.76. The van der Waals surface area contributed by atoms with E-state index in [1.807, 2.05) is 24.3 Å². The third kappa shape index (κ3) is 3.86. The van der Waals surface area contributed by atoms with Crippen molar-refractivity contribution in [2.45, 2.75) is 13.5 Å². The Kier molecular flexibility index (Phi) is 4.58. The molecule has 0 saturated carbocycles. The third-order valence-corrected chi connectivity index (χ3v) is 2.61. The van der Waals surface area contributed by atoms with Crippen molar-refractivity contribution >= 4 is 11.6 Å². The van der Waals surface area contributed by atoms with Gasteiger partial charge in [0.1, 0.15) is 0 Å². The largest absolute Gasteiger partial charge is 0.322 e. The van der Waals surface area contributed by atoms with Crippen LogP contribution in [0.15, 0.2) is 42.7 Å². The van der Waals surface area contributed by atoms with Gasteiger partial charge in [0.2, 0.25) is 0 Å². The van der Waals surface area contributed by atoms with Crippen LogP contribution in [0.4, 0.5) is 5.69 Å². The van der Waals surface area contributed by atoms with Crippen molar-refractivity contribution in [1.82, 2.24) is 15.5 Å². The van der Waals surface area contributed by atoms with Gasteiger partial charge in [0.15, 0.2) is 0 Å². The first-order chi connectivity index (χ1) is 9.29. The maximum atomic E-state index is 11.9. The lowest BCUT2D eigenvalue weighted by molar-refractivity contribution is 0.102. The Labute approximate surface area is 112 Å². The first-order valence-electron chi connectivity index (χ1n) is 6.17. The van der Waals surface area contributed by atoms with Crippen molar-refractivity contribution in [3.63, 3.8) is 0 Å². The van der Waals surface area contributed by atoms with E-state index in [0.717, 1.165) is 24.3 Å². The lowest BCUT2D eigenvalue weighted by atomic mass is 10.2. The molecular weight excluding hydrogens is 240 g/mol. The highest BCUT2D eigenvalue weighted by atomic mass is 16.1. The topological polar surface area (TPSA) is 66.9 Å². The van der Waals surface area contributed by atoms with E-state index >= 15 is 0 Å². The Morgan fingerprint density at radius 2 is 2.16 bits per heavy atom. The van der Waals surface area contributed by atoms with Crippen LogP contribution in [0.2, 0.25) is 0 Å². The van der Waals surface area contributed by atoms with E-state index in [0.29, 0.717) is 5.56 Å². The van der Waals surface area contributed by atoms with Crippen LogP contribution in [-0.4, -0.2) is 22.6 Å². The van der Waals surface area contributed by atoms with Crippen LogP contribution < -0.4 is 10.6 Å². The van der Waals surface area contributed by atoms with Gasteiger partial charge in [0.25, 0.3) is 5.91 Å². The fourth-order valence-electron chi connectivity index (χ4n) is 1.66. The number of rotatable bonds is 5. The van der Waals surface area contributed by atoms with Gasteiger partial charge in [0, 0.05) is 12.2 Å². The number of anilines is 1. The highest BCUT2D eigenvalue weighted by Crippen LogP contribution is 2.11. The van der Waals surface area contributed by atoms with Gasteiger partial charge >= 0.3 is 0 Å². The number of aromatic nitrogens is 2. The molecule has 1 aromatic carbocycles. The van der Waals surface area contributed by atoms with Crippen LogP contribution in [0.3, 0.4) is 0 Å². The fourth-order valence-corrected chi connectivity index (χ4v) is 1.66. The summed E-state index contributed by atoms with van der Waals surface area (Å²) in [5.74, 6) is -0.185. The summed E-state index contributed by atoms with van der Waals surface area (Å²) in [4.78, 5) is 11.9. The molecule has 19 heavy (non-hydrogen) atoms. The van der Waals surface area contributed by atoms with Gasteiger partial charge in [0.05, 0.1) is 18.0 Å². The number of hydrogen-bond donors (Lipinski definition) is 2. The quantitative estimate of drug-likeness (QED) is 0.856. The Hall–Kier alpha value is -2.27. The Morgan fingerprint density at radius 3 is 2.89 bits per heavy atom. The zero-order chi connectivity index (χ0) is 13.5. The van der Waals surface area contributed by atoms with Crippen LogP contribution in [-0.2, 0) is 6.54 Å². The first kappa shape index (κ1) is 13.2. The van der Waals surface area contributed by atoms with E-state index in [1.165, 1.54) is 12.4 Å². The summed E-state index contributed by atoms with van der Waals surface area (Å²) >= 11 is 0. The monoisotopic (exact) mass is 256 g/mol. The first-order valence-corrected chi connectivity index (χ1v) is 6.17. The second-order valence-electron chi connectivity index (χ2n) is 4.07. The molecule has 1 amide bonds. The molecule has 0 bridgehead atoms. The summed E-state index contributed by atoms with van der Waals surface area (Å²) in [7, 11) is 0. The molecule has 1 aromatic heterocycles. The minimum absolute atomic E-state index is 0.185. The smallest absolute Gasteiger partial charge is 0.257 e. The molecule has 2 N–H and O–H groups in total. The molecule has 0 aliphatic rings. The molecule has 0 spiro atoms. The van der Waals surface area contributed by atoms with Gasteiger partial charge in [-0.1, -0.05) is 19.1 Å². The summed E-state index contributed by atoms with van der Waals surface area (Å²) in [5, 5.41) is 13.4. The molecule has 98 valence electrons. The molecule has 0 aliphatic heterocycles. The van der Waals surface area contributed by atoms with Gasteiger partial charge < -0.3 is 10.6 Å². The lowest BCUT2D eigenvalue weighted by Crippen LogP contribution is -2.14. The summed E-state index contributed by atoms with van der Waals surface area (Å²) in [6.07, 6.45) is 2.94. The van der Waals surface area contributed by atoms with Crippen molar-refractivity contribution in [3.8, 4) is 0 Å². The van der Waals surface area contributed by atoms with E-state index in [2.05, 4.69) is 27.8 Å². The number of nitrogens with one attached hydrogen (secondary N) is 2. The number of benzene rings is 1. The standard InChI is InChI=1S/C14H16N4O/c1-2-15-9-11-4-3-5-13(8-11)18-14(19)12-6-7-16-17-10-12/h3-8,10,15H,2,9H2,1H3,(H,18,19). The molecule has 2 aromatic rings. The van der Waals surface area contributed by atoms with Gasteiger partial charge in [-0.25, -0.2) is 0 Å². The molecule has 0 unspecified atom stereocenters. The second-order valence-corrected chi connectivity index (χ2v) is 4.07. The van der Waals surface area contributed by atoms with E-state index in [-0.39, 0.29) is 5.91 Å². The molecular formula is C14H16N4O. The Bertz CT molecular complexity index is 542. The zero-order valence-electron chi connectivity index (χ0n) is 10.8. The summed E-state index contributed by atoms with van der Waals surface area (Å²) in [6, 6.07) is 9.39. The molecule has 0 fully saturated rings. The van der Waals surface area contributed by atoms with Crippen molar-refractivity contribution in [1.29, 1.82) is 0 Å². The number of amides is 1. The minimum atomic E-state index is -0.185. The van der Waals surface area contributed by atoms with E-state index in [9.17, 15) is 4.79 Å². The number of carbonyl (C=O) groups is 1. The lowest BCUT2D eigenvalue weighted by Gasteiger charge is -2.07. The summed E-state index contributed by atoms with van der Waals surface area (Å²) in [5.41, 5.74) is 2.40. The van der Waals surface area contributed by atoms with E-state index in [4.69, 9.17) is 0 Å². The highest BCUT2D eigenvalue weighted by molar-refractivity contribution is 6.03. The van der Waals surface area contributed by atoms with Crippen LogP contribution in [0.25, 0.3) is 0 Å². The average molecular weight is 256 g/mol. The van der Waals surface area contributed by atoms with Gasteiger partial charge in [-0.2, -0.15) is 10.2 Å². The molecule has 0 atom stereocenters. The van der Waals surface area contributed by atoms with E-state index in [1.54, 1.807) is 6.07 Å². The SMILES string of the molecule is CCNCc1cccc(NC(=O)c2ccnnc2)c1. The molecule has 5 nitrogen and oxygen atoms in total. The van der Waals surface area contributed by atoms with Gasteiger partial charge in [-0.15, -0.1) is 0 Å². The van der Waals surface area contributed by atoms with Gasteiger partial charge in [-0.3, -0.25) is 4.79 Å². The van der Waals surface area contributed by atoms with Crippen molar-refractivity contribution in [2.24, 2.45) is 0 Å². The van der Waals surface area contributed by atoms with Crippen molar-refractivity contribution in [3.05, 3.63) is 53.9 Å². The van der Waals surface area contributed by atoms with Gasteiger partial charge in [-0.05, 0) is 30.3 Å². The predicted octanol–water partition coefficient (Wildman–Crippen LogP) is 1.84. The average Bonchev–Trinajstić information content (AvgIpc) is 2.46.